The predicted octanol–water partition coefficient (Wildman–Crippen LogP) is 2.94. The smallest absolute Gasteiger partial charge is 0.105 e. The molecule has 2 rings (SSSR count). The van der Waals surface area contributed by atoms with E-state index in [1.54, 1.807) is 0 Å². The Morgan fingerprint density at radius 2 is 2.00 bits per heavy atom. The van der Waals surface area contributed by atoms with Gasteiger partial charge in [0.15, 0.2) is 0 Å². The minimum atomic E-state index is 0.551. The molecule has 0 saturated carbocycles. The molecule has 0 aliphatic rings. The lowest BCUT2D eigenvalue weighted by molar-refractivity contribution is 1.16. The average molecular weight is 211 g/mol. The standard InChI is InChI=1S/C9H7ClN2S/c10-5-7-1-3-8(4-2-7)9-6-13-12-11-9/h1-4,6H,5H2. The normalized spacial score (nSPS) is 10.2. The molecule has 0 aliphatic carbocycles. The Morgan fingerprint density at radius 3 is 2.54 bits per heavy atom. The van der Waals surface area contributed by atoms with E-state index in [0.717, 1.165) is 16.8 Å². The molecule has 4 heteroatoms. The summed E-state index contributed by atoms with van der Waals surface area (Å²) in [5.74, 6) is 0.551. The molecule has 1 heterocycles. The number of hydrogen-bond donors (Lipinski definition) is 0. The lowest BCUT2D eigenvalue weighted by Crippen LogP contribution is -1.80. The molecule has 0 atom stereocenters. The van der Waals surface area contributed by atoms with Gasteiger partial charge in [0, 0.05) is 16.8 Å². The summed E-state index contributed by atoms with van der Waals surface area (Å²) in [6.07, 6.45) is 0. The largest absolute Gasteiger partial charge is 0.138 e. The Morgan fingerprint density at radius 1 is 1.23 bits per heavy atom. The molecule has 0 spiro atoms. The average Bonchev–Trinajstić information content (AvgIpc) is 2.71. The van der Waals surface area contributed by atoms with E-state index in [-0.39, 0.29) is 0 Å². The van der Waals surface area contributed by atoms with Crippen molar-refractivity contribution < 1.29 is 0 Å². The summed E-state index contributed by atoms with van der Waals surface area (Å²) in [5, 5.41) is 5.90. The van der Waals surface area contributed by atoms with Crippen LogP contribution < -0.4 is 0 Å². The third-order valence-corrected chi connectivity index (χ3v) is 2.58. The van der Waals surface area contributed by atoms with Crippen LogP contribution >= 0.6 is 23.1 Å². The van der Waals surface area contributed by atoms with Gasteiger partial charge in [-0.15, -0.1) is 16.7 Å². The van der Waals surface area contributed by atoms with Gasteiger partial charge in [0.1, 0.15) is 5.69 Å². The van der Waals surface area contributed by atoms with Crippen molar-refractivity contribution in [3.63, 3.8) is 0 Å². The van der Waals surface area contributed by atoms with Crippen LogP contribution in [0.5, 0.6) is 0 Å². The third-order valence-electron chi connectivity index (χ3n) is 1.76. The van der Waals surface area contributed by atoms with Crippen molar-refractivity contribution >= 4 is 23.1 Å². The molecule has 0 radical (unpaired) electrons. The van der Waals surface area contributed by atoms with Crippen molar-refractivity contribution in [3.05, 3.63) is 35.2 Å². The van der Waals surface area contributed by atoms with Crippen molar-refractivity contribution in [2.45, 2.75) is 5.88 Å². The van der Waals surface area contributed by atoms with Crippen LogP contribution in [-0.2, 0) is 5.88 Å². The molecular weight excluding hydrogens is 204 g/mol. The number of nitrogens with zero attached hydrogens (tertiary/aromatic N) is 2. The van der Waals surface area contributed by atoms with Gasteiger partial charge in [0.05, 0.1) is 0 Å². The van der Waals surface area contributed by atoms with Crippen LogP contribution in [0.3, 0.4) is 0 Å². The van der Waals surface area contributed by atoms with Crippen LogP contribution in [-0.4, -0.2) is 9.59 Å². The molecule has 1 aromatic heterocycles. The van der Waals surface area contributed by atoms with E-state index in [2.05, 4.69) is 9.59 Å². The van der Waals surface area contributed by atoms with Gasteiger partial charge in [0.2, 0.25) is 0 Å². The second kappa shape index (κ2) is 3.85. The topological polar surface area (TPSA) is 25.8 Å². The van der Waals surface area contributed by atoms with Crippen molar-refractivity contribution in [2.75, 3.05) is 0 Å². The van der Waals surface area contributed by atoms with Gasteiger partial charge >= 0.3 is 0 Å². The van der Waals surface area contributed by atoms with Crippen LogP contribution in [0.25, 0.3) is 11.3 Å². The fourth-order valence-electron chi connectivity index (χ4n) is 1.05. The van der Waals surface area contributed by atoms with Gasteiger partial charge < -0.3 is 0 Å². The second-order valence-electron chi connectivity index (χ2n) is 2.62. The van der Waals surface area contributed by atoms with Crippen molar-refractivity contribution in [1.29, 1.82) is 0 Å². The lowest BCUT2D eigenvalue weighted by Gasteiger charge is -1.97. The Balaban J connectivity index is 2.33. The maximum Gasteiger partial charge on any atom is 0.105 e. The van der Waals surface area contributed by atoms with Crippen LogP contribution in [0, 0.1) is 0 Å². The molecule has 2 nitrogen and oxygen atoms in total. The highest BCUT2D eigenvalue weighted by atomic mass is 35.5. The number of rotatable bonds is 2. The van der Waals surface area contributed by atoms with E-state index in [0.29, 0.717) is 5.88 Å². The van der Waals surface area contributed by atoms with E-state index in [4.69, 9.17) is 11.6 Å². The van der Waals surface area contributed by atoms with Crippen molar-refractivity contribution in [3.8, 4) is 11.3 Å². The molecule has 66 valence electrons. The lowest BCUT2D eigenvalue weighted by atomic mass is 10.1. The molecule has 13 heavy (non-hydrogen) atoms. The first-order valence-corrected chi connectivity index (χ1v) is 5.19. The van der Waals surface area contributed by atoms with Gasteiger partial charge in [-0.1, -0.05) is 28.8 Å². The minimum Gasteiger partial charge on any atom is -0.138 e. The van der Waals surface area contributed by atoms with E-state index >= 15 is 0 Å². The highest BCUT2D eigenvalue weighted by molar-refractivity contribution is 7.03. The molecule has 0 aliphatic heterocycles. The molecule has 0 bridgehead atoms. The Hall–Kier alpha value is -0.930. The fraction of sp³-hybridized carbons (Fsp3) is 0.111. The summed E-state index contributed by atoms with van der Waals surface area (Å²) in [5.41, 5.74) is 3.13. The molecule has 1 aromatic carbocycles. The molecular formula is C9H7ClN2S. The number of halogens is 1. The highest BCUT2D eigenvalue weighted by Crippen LogP contribution is 2.18. The van der Waals surface area contributed by atoms with Crippen LogP contribution in [0.1, 0.15) is 5.56 Å². The maximum absolute atomic E-state index is 5.68. The van der Waals surface area contributed by atoms with Gasteiger partial charge in [-0.2, -0.15) is 0 Å². The molecule has 0 amide bonds. The van der Waals surface area contributed by atoms with Gasteiger partial charge in [0.25, 0.3) is 0 Å². The fourth-order valence-corrected chi connectivity index (χ4v) is 1.70. The zero-order valence-corrected chi connectivity index (χ0v) is 8.35. The van der Waals surface area contributed by atoms with Crippen molar-refractivity contribution in [1.82, 2.24) is 9.59 Å². The molecule has 0 unspecified atom stereocenters. The molecule has 0 N–H and O–H groups in total. The summed E-state index contributed by atoms with van der Waals surface area (Å²) in [6.45, 7) is 0. The predicted molar refractivity (Wildman–Crippen MR) is 54.9 cm³/mol. The Bertz CT molecular complexity index is 369. The van der Waals surface area contributed by atoms with E-state index < -0.39 is 0 Å². The van der Waals surface area contributed by atoms with Crippen LogP contribution in [0.4, 0.5) is 0 Å². The first-order chi connectivity index (χ1) is 6.40. The zero-order chi connectivity index (χ0) is 9.10. The first kappa shape index (κ1) is 8.66. The van der Waals surface area contributed by atoms with Crippen LogP contribution in [0.2, 0.25) is 0 Å². The summed E-state index contributed by atoms with van der Waals surface area (Å²) >= 11 is 7.04. The van der Waals surface area contributed by atoms with Gasteiger partial charge in [-0.3, -0.25) is 0 Å². The van der Waals surface area contributed by atoms with Crippen molar-refractivity contribution in [2.24, 2.45) is 0 Å². The summed E-state index contributed by atoms with van der Waals surface area (Å²) < 4.78 is 3.81. The number of benzene rings is 1. The third kappa shape index (κ3) is 1.87. The summed E-state index contributed by atoms with van der Waals surface area (Å²) in [7, 11) is 0. The number of alkyl halides is 1. The first-order valence-electron chi connectivity index (χ1n) is 3.82. The number of hydrogen-bond acceptors (Lipinski definition) is 3. The Labute approximate surface area is 85.3 Å². The second-order valence-corrected chi connectivity index (χ2v) is 3.50. The van der Waals surface area contributed by atoms with E-state index in [9.17, 15) is 0 Å². The zero-order valence-electron chi connectivity index (χ0n) is 6.77. The van der Waals surface area contributed by atoms with E-state index in [1.165, 1.54) is 11.5 Å². The molecule has 2 aromatic rings. The summed E-state index contributed by atoms with van der Waals surface area (Å²) in [6, 6.07) is 8.02. The number of aromatic nitrogens is 2. The molecule has 0 saturated heterocycles. The SMILES string of the molecule is ClCc1ccc(-c2csnn2)cc1. The minimum absolute atomic E-state index is 0.551. The summed E-state index contributed by atoms with van der Waals surface area (Å²) in [4.78, 5) is 0. The highest BCUT2D eigenvalue weighted by Gasteiger charge is 1.99. The maximum atomic E-state index is 5.68. The van der Waals surface area contributed by atoms with Crippen LogP contribution in [0.15, 0.2) is 29.6 Å². The van der Waals surface area contributed by atoms with Gasteiger partial charge in [-0.05, 0) is 17.1 Å². The van der Waals surface area contributed by atoms with Gasteiger partial charge in [-0.25, -0.2) is 0 Å². The molecule has 0 fully saturated rings. The Kier molecular flexibility index (Phi) is 2.57. The monoisotopic (exact) mass is 210 g/mol. The quantitative estimate of drug-likeness (QED) is 0.713. The van der Waals surface area contributed by atoms with E-state index in [1.807, 2.05) is 29.6 Å².